The van der Waals surface area contributed by atoms with Gasteiger partial charge in [0.15, 0.2) is 0 Å². The fourth-order valence-electron chi connectivity index (χ4n) is 2.31. The van der Waals surface area contributed by atoms with E-state index in [4.69, 9.17) is 5.11 Å². The number of nitrogens with one attached hydrogen (secondary N) is 1. The number of hydrogen-bond acceptors (Lipinski definition) is 4. The summed E-state index contributed by atoms with van der Waals surface area (Å²) < 4.78 is 40.8. The highest BCUT2D eigenvalue weighted by atomic mass is 32.2. The molecule has 0 spiro atoms. The van der Waals surface area contributed by atoms with Crippen LogP contribution in [0.25, 0.3) is 0 Å². The largest absolute Gasteiger partial charge is 0.395 e. The second kappa shape index (κ2) is 8.88. The van der Waals surface area contributed by atoms with Gasteiger partial charge in [0.1, 0.15) is 5.82 Å². The average Bonchev–Trinajstić information content (AvgIpc) is 2.61. The molecule has 26 heavy (non-hydrogen) atoms. The van der Waals surface area contributed by atoms with Crippen molar-refractivity contribution in [1.29, 1.82) is 0 Å². The van der Waals surface area contributed by atoms with Gasteiger partial charge in [-0.25, -0.2) is 12.8 Å². The van der Waals surface area contributed by atoms with Gasteiger partial charge in [-0.1, -0.05) is 35.9 Å². The molecule has 6 nitrogen and oxygen atoms in total. The van der Waals surface area contributed by atoms with E-state index in [0.29, 0.717) is 0 Å². The lowest BCUT2D eigenvalue weighted by atomic mass is 10.2. The summed E-state index contributed by atoms with van der Waals surface area (Å²) in [5.41, 5.74) is 1.06. The van der Waals surface area contributed by atoms with E-state index >= 15 is 0 Å². The molecule has 0 heterocycles. The van der Waals surface area contributed by atoms with Crippen molar-refractivity contribution in [3.63, 3.8) is 0 Å². The van der Waals surface area contributed by atoms with Gasteiger partial charge in [-0.05, 0) is 25.1 Å². The fraction of sp³-hybridized carbons (Fsp3) is 0.278. The molecular weight excluding hydrogens is 359 g/mol. The van der Waals surface area contributed by atoms with Crippen LogP contribution in [-0.4, -0.2) is 43.4 Å². The molecule has 0 saturated heterocycles. The minimum Gasteiger partial charge on any atom is -0.395 e. The molecule has 0 atom stereocenters. The first kappa shape index (κ1) is 20.0. The van der Waals surface area contributed by atoms with Crippen molar-refractivity contribution in [1.82, 2.24) is 9.62 Å². The van der Waals surface area contributed by atoms with Crippen LogP contribution >= 0.6 is 0 Å². The third kappa shape index (κ3) is 5.10. The van der Waals surface area contributed by atoms with Crippen LogP contribution < -0.4 is 5.32 Å². The average molecular weight is 380 g/mol. The molecule has 2 aromatic rings. The van der Waals surface area contributed by atoms with Gasteiger partial charge in [0.05, 0.1) is 18.0 Å². The van der Waals surface area contributed by atoms with E-state index in [0.717, 1.165) is 9.87 Å². The summed E-state index contributed by atoms with van der Waals surface area (Å²) in [5.74, 6) is -1.13. The van der Waals surface area contributed by atoms with Crippen LogP contribution in [0.5, 0.6) is 0 Å². The van der Waals surface area contributed by atoms with Gasteiger partial charge in [-0.15, -0.1) is 0 Å². The number of aliphatic hydroxyl groups is 1. The molecule has 2 N–H and O–H groups in total. The Balaban J connectivity index is 2.34. The lowest BCUT2D eigenvalue weighted by molar-refractivity contribution is -0.121. The third-order valence-corrected chi connectivity index (χ3v) is 5.52. The van der Waals surface area contributed by atoms with E-state index in [1.54, 1.807) is 18.2 Å². The van der Waals surface area contributed by atoms with E-state index < -0.39 is 28.3 Å². The summed E-state index contributed by atoms with van der Waals surface area (Å²) in [6, 6.07) is 12.0. The summed E-state index contributed by atoms with van der Waals surface area (Å²) in [6.45, 7) is 0.816. The highest BCUT2D eigenvalue weighted by Gasteiger charge is 2.27. The van der Waals surface area contributed by atoms with E-state index in [1.165, 1.54) is 30.3 Å². The molecule has 0 aliphatic rings. The number of carbonyl (C=O) groups excluding carboxylic acids is 1. The number of aliphatic hydroxyl groups excluding tert-OH is 1. The zero-order valence-corrected chi connectivity index (χ0v) is 15.2. The van der Waals surface area contributed by atoms with Crippen molar-refractivity contribution in [3.05, 3.63) is 65.5 Å². The van der Waals surface area contributed by atoms with Crippen LogP contribution in [0.3, 0.4) is 0 Å². The molecular formula is C18H21FN2O4S. The van der Waals surface area contributed by atoms with Gasteiger partial charge in [-0.3, -0.25) is 4.79 Å². The molecule has 0 radical (unpaired) electrons. The number of nitrogens with zero attached hydrogens (tertiary/aromatic N) is 1. The Labute approximate surface area is 152 Å². The summed E-state index contributed by atoms with van der Waals surface area (Å²) in [5, 5.41) is 11.2. The van der Waals surface area contributed by atoms with Crippen LogP contribution in [0.4, 0.5) is 4.39 Å². The Morgan fingerprint density at radius 3 is 2.42 bits per heavy atom. The first-order chi connectivity index (χ1) is 12.3. The lowest BCUT2D eigenvalue weighted by Gasteiger charge is -2.22. The van der Waals surface area contributed by atoms with Crippen molar-refractivity contribution >= 4 is 15.9 Å². The topological polar surface area (TPSA) is 86.7 Å². The number of amides is 1. The van der Waals surface area contributed by atoms with Crippen LogP contribution in [0.2, 0.25) is 0 Å². The Bertz CT molecular complexity index is 854. The molecule has 140 valence electrons. The first-order valence-electron chi connectivity index (χ1n) is 8.02. The van der Waals surface area contributed by atoms with Crippen molar-refractivity contribution in [3.8, 4) is 0 Å². The van der Waals surface area contributed by atoms with Crippen LogP contribution in [-0.2, 0) is 21.4 Å². The molecule has 0 aliphatic carbocycles. The maximum absolute atomic E-state index is 14.0. The number of rotatable bonds is 8. The molecule has 0 fully saturated rings. The van der Waals surface area contributed by atoms with E-state index in [-0.39, 0.29) is 30.2 Å². The second-order valence-corrected chi connectivity index (χ2v) is 7.69. The summed E-state index contributed by atoms with van der Waals surface area (Å²) in [7, 11) is -4.01. The van der Waals surface area contributed by atoms with Crippen molar-refractivity contribution in [2.45, 2.75) is 18.4 Å². The van der Waals surface area contributed by atoms with Crippen molar-refractivity contribution in [2.24, 2.45) is 0 Å². The Kier molecular flexibility index (Phi) is 6.84. The number of carbonyl (C=O) groups is 1. The lowest BCUT2D eigenvalue weighted by Crippen LogP contribution is -2.41. The normalized spacial score (nSPS) is 11.5. The van der Waals surface area contributed by atoms with Gasteiger partial charge < -0.3 is 10.4 Å². The Morgan fingerprint density at radius 2 is 1.81 bits per heavy atom. The van der Waals surface area contributed by atoms with Gasteiger partial charge in [0.25, 0.3) is 0 Å². The van der Waals surface area contributed by atoms with Crippen LogP contribution in [0.1, 0.15) is 11.1 Å². The van der Waals surface area contributed by atoms with Gasteiger partial charge >= 0.3 is 0 Å². The number of aryl methyl sites for hydroxylation is 1. The summed E-state index contributed by atoms with van der Waals surface area (Å²) >= 11 is 0. The molecule has 0 unspecified atom stereocenters. The van der Waals surface area contributed by atoms with Gasteiger partial charge in [-0.2, -0.15) is 4.31 Å². The molecule has 2 rings (SSSR count). The fourth-order valence-corrected chi connectivity index (χ4v) is 3.69. The smallest absolute Gasteiger partial charge is 0.243 e. The highest BCUT2D eigenvalue weighted by molar-refractivity contribution is 7.89. The first-order valence-corrected chi connectivity index (χ1v) is 9.46. The molecule has 0 aliphatic heterocycles. The third-order valence-electron chi connectivity index (χ3n) is 3.72. The zero-order chi connectivity index (χ0) is 19.2. The van der Waals surface area contributed by atoms with Crippen LogP contribution in [0.15, 0.2) is 53.4 Å². The minimum absolute atomic E-state index is 0.0109. The quantitative estimate of drug-likeness (QED) is 0.725. The molecule has 2 aromatic carbocycles. The van der Waals surface area contributed by atoms with Gasteiger partial charge in [0.2, 0.25) is 15.9 Å². The van der Waals surface area contributed by atoms with E-state index in [1.807, 2.05) is 6.92 Å². The Hall–Kier alpha value is -2.29. The number of halogens is 1. The minimum atomic E-state index is -4.01. The SMILES string of the molecule is Cc1ccc(S(=O)(=O)N(CC(=O)NCCO)Cc2ccccc2F)cc1. The highest BCUT2D eigenvalue weighted by Crippen LogP contribution is 2.20. The molecule has 8 heteroatoms. The van der Waals surface area contributed by atoms with Gasteiger partial charge in [0, 0.05) is 18.7 Å². The molecule has 0 saturated carbocycles. The maximum atomic E-state index is 14.0. The predicted molar refractivity (Wildman–Crippen MR) is 95.3 cm³/mol. The molecule has 0 bridgehead atoms. The van der Waals surface area contributed by atoms with Crippen molar-refractivity contribution in [2.75, 3.05) is 19.7 Å². The second-order valence-electron chi connectivity index (χ2n) is 5.75. The predicted octanol–water partition coefficient (Wildman–Crippen LogP) is 1.43. The maximum Gasteiger partial charge on any atom is 0.243 e. The number of sulfonamides is 1. The zero-order valence-electron chi connectivity index (χ0n) is 14.4. The van der Waals surface area contributed by atoms with Crippen molar-refractivity contribution < 1.29 is 22.7 Å². The number of hydrogen-bond donors (Lipinski definition) is 2. The van der Waals surface area contributed by atoms with E-state index in [9.17, 15) is 17.6 Å². The summed E-state index contributed by atoms with van der Waals surface area (Å²) in [6.07, 6.45) is 0. The van der Waals surface area contributed by atoms with Crippen LogP contribution in [0, 0.1) is 12.7 Å². The monoisotopic (exact) mass is 380 g/mol. The standard InChI is InChI=1S/C18H21FN2O4S/c1-14-6-8-16(9-7-14)26(24,25)21(13-18(23)20-10-11-22)12-15-4-2-3-5-17(15)19/h2-9,22H,10-13H2,1H3,(H,20,23). The molecule has 0 aromatic heterocycles. The van der Waals surface area contributed by atoms with E-state index in [2.05, 4.69) is 5.32 Å². The molecule has 1 amide bonds. The Morgan fingerprint density at radius 1 is 1.15 bits per heavy atom. The summed E-state index contributed by atoms with van der Waals surface area (Å²) in [4.78, 5) is 12.0. The number of benzene rings is 2.